The van der Waals surface area contributed by atoms with Crippen molar-refractivity contribution in [1.82, 2.24) is 14.9 Å². The molecule has 0 fully saturated rings. The average molecular weight is 386 g/mol. The van der Waals surface area contributed by atoms with E-state index >= 15 is 0 Å². The summed E-state index contributed by atoms with van der Waals surface area (Å²) in [4.78, 5) is 0. The van der Waals surface area contributed by atoms with Crippen LogP contribution in [0, 0.1) is 4.77 Å². The first kappa shape index (κ1) is 17.9. The number of nitrogens with zero attached hydrogens (tertiary/aromatic N) is 3. The lowest BCUT2D eigenvalue weighted by molar-refractivity contribution is 0.306. The molecule has 3 aromatic carbocycles. The van der Waals surface area contributed by atoms with Crippen molar-refractivity contribution in [2.75, 3.05) is 0 Å². The van der Waals surface area contributed by atoms with Gasteiger partial charge in [0.1, 0.15) is 12.4 Å². The molecule has 1 aromatic heterocycles. The van der Waals surface area contributed by atoms with Gasteiger partial charge in [-0.1, -0.05) is 72.8 Å². The van der Waals surface area contributed by atoms with E-state index in [4.69, 9.17) is 17.0 Å². The third kappa shape index (κ3) is 4.07. The molecule has 0 aliphatic carbocycles. The monoisotopic (exact) mass is 386 g/mol. The molecular weight excluding hydrogens is 368 g/mol. The molecule has 0 spiro atoms. The van der Waals surface area contributed by atoms with Crippen LogP contribution in [-0.2, 0) is 6.61 Å². The Morgan fingerprint density at radius 2 is 1.61 bits per heavy atom. The fourth-order valence-electron chi connectivity index (χ4n) is 2.75. The first-order valence-corrected chi connectivity index (χ1v) is 9.25. The molecular formula is C22H18N4OS. The van der Waals surface area contributed by atoms with Crippen LogP contribution in [0.1, 0.15) is 11.1 Å². The van der Waals surface area contributed by atoms with Gasteiger partial charge in [0, 0.05) is 11.1 Å². The van der Waals surface area contributed by atoms with E-state index in [1.807, 2.05) is 84.9 Å². The van der Waals surface area contributed by atoms with Crippen LogP contribution in [0.25, 0.3) is 11.4 Å². The lowest BCUT2D eigenvalue weighted by Gasteiger charge is -2.09. The molecule has 4 aromatic rings. The Kier molecular flexibility index (Phi) is 5.40. The van der Waals surface area contributed by atoms with Gasteiger partial charge in [-0.15, -0.1) is 0 Å². The van der Waals surface area contributed by atoms with Crippen molar-refractivity contribution in [2.45, 2.75) is 6.61 Å². The second-order valence-corrected chi connectivity index (χ2v) is 6.47. The highest BCUT2D eigenvalue weighted by atomic mass is 32.1. The van der Waals surface area contributed by atoms with Crippen LogP contribution in [0.15, 0.2) is 90.0 Å². The Morgan fingerprint density at radius 3 is 2.39 bits per heavy atom. The minimum Gasteiger partial charge on any atom is -0.488 e. The standard InChI is InChI=1S/C22H18N4OS/c28-22-25-24-21(18-11-5-2-6-12-18)26(22)23-15-19-13-7-8-14-20(19)27-16-17-9-3-1-4-10-17/h1-15H,16H2,(H,25,28)/b23-15+. The van der Waals surface area contributed by atoms with Crippen molar-refractivity contribution in [3.8, 4) is 17.1 Å². The molecule has 0 bridgehead atoms. The number of nitrogens with one attached hydrogen (secondary N) is 1. The van der Waals surface area contributed by atoms with E-state index in [0.717, 1.165) is 22.4 Å². The highest BCUT2D eigenvalue weighted by molar-refractivity contribution is 7.71. The summed E-state index contributed by atoms with van der Waals surface area (Å²) in [6.45, 7) is 0.492. The van der Waals surface area contributed by atoms with Gasteiger partial charge < -0.3 is 4.74 Å². The molecule has 0 unspecified atom stereocenters. The van der Waals surface area contributed by atoms with E-state index in [1.165, 1.54) is 0 Å². The number of ether oxygens (including phenoxy) is 1. The number of hydrogen-bond acceptors (Lipinski definition) is 4. The largest absolute Gasteiger partial charge is 0.488 e. The van der Waals surface area contributed by atoms with Gasteiger partial charge in [-0.05, 0) is 29.9 Å². The Balaban J connectivity index is 1.60. The third-order valence-corrected chi connectivity index (χ3v) is 4.42. The zero-order valence-electron chi connectivity index (χ0n) is 15.0. The summed E-state index contributed by atoms with van der Waals surface area (Å²) in [6, 6.07) is 27.6. The first-order valence-electron chi connectivity index (χ1n) is 8.84. The molecule has 0 saturated heterocycles. The minimum absolute atomic E-state index is 0.429. The Labute approximate surface area is 167 Å². The maximum absolute atomic E-state index is 5.99. The van der Waals surface area contributed by atoms with Crippen molar-refractivity contribution < 1.29 is 4.74 Å². The molecule has 138 valence electrons. The van der Waals surface area contributed by atoms with Gasteiger partial charge in [0.05, 0.1) is 6.21 Å². The summed E-state index contributed by atoms with van der Waals surface area (Å²) < 4.78 is 8.03. The van der Waals surface area contributed by atoms with Crippen LogP contribution in [0.3, 0.4) is 0 Å². The molecule has 0 aliphatic rings. The number of benzene rings is 3. The van der Waals surface area contributed by atoms with Crippen molar-refractivity contribution in [1.29, 1.82) is 0 Å². The quantitative estimate of drug-likeness (QED) is 0.372. The van der Waals surface area contributed by atoms with Crippen molar-refractivity contribution in [3.05, 3.63) is 101 Å². The van der Waals surface area contributed by atoms with E-state index in [9.17, 15) is 0 Å². The van der Waals surface area contributed by atoms with Gasteiger partial charge in [0.15, 0.2) is 5.82 Å². The fraction of sp³-hybridized carbons (Fsp3) is 0.0455. The summed E-state index contributed by atoms with van der Waals surface area (Å²) >= 11 is 5.34. The molecule has 4 rings (SSSR count). The Bertz CT molecular complexity index is 1130. The normalized spacial score (nSPS) is 11.0. The van der Waals surface area contributed by atoms with E-state index in [2.05, 4.69) is 15.3 Å². The summed E-state index contributed by atoms with van der Waals surface area (Å²) in [5.41, 5.74) is 2.90. The summed E-state index contributed by atoms with van der Waals surface area (Å²) in [5, 5.41) is 11.6. The van der Waals surface area contributed by atoms with E-state index < -0.39 is 0 Å². The number of H-pyrrole nitrogens is 1. The maximum atomic E-state index is 5.99. The lowest BCUT2D eigenvalue weighted by atomic mass is 10.2. The predicted molar refractivity (Wildman–Crippen MR) is 113 cm³/mol. The van der Waals surface area contributed by atoms with Crippen LogP contribution in [-0.4, -0.2) is 21.1 Å². The number of aromatic nitrogens is 3. The zero-order chi connectivity index (χ0) is 19.2. The third-order valence-electron chi connectivity index (χ3n) is 4.15. The minimum atomic E-state index is 0.429. The van der Waals surface area contributed by atoms with Crippen LogP contribution in [0.2, 0.25) is 0 Å². The molecule has 1 N–H and O–H groups in total. The molecule has 5 nitrogen and oxygen atoms in total. The van der Waals surface area contributed by atoms with Gasteiger partial charge >= 0.3 is 0 Å². The number of para-hydroxylation sites is 1. The molecule has 28 heavy (non-hydrogen) atoms. The SMILES string of the molecule is S=c1[nH]nc(-c2ccccc2)n1/N=C/c1ccccc1OCc1ccccc1. The molecule has 0 radical (unpaired) electrons. The van der Waals surface area contributed by atoms with Crippen molar-refractivity contribution >= 4 is 18.4 Å². The molecule has 0 aliphatic heterocycles. The molecule has 0 saturated carbocycles. The molecule has 0 atom stereocenters. The predicted octanol–water partition coefficient (Wildman–Crippen LogP) is 5.07. The Hall–Kier alpha value is -3.51. The zero-order valence-corrected chi connectivity index (χ0v) is 15.8. The van der Waals surface area contributed by atoms with Crippen LogP contribution in [0.5, 0.6) is 5.75 Å². The second kappa shape index (κ2) is 8.45. The van der Waals surface area contributed by atoms with Gasteiger partial charge in [-0.2, -0.15) is 14.9 Å². The lowest BCUT2D eigenvalue weighted by Crippen LogP contribution is -1.99. The number of rotatable bonds is 6. The Morgan fingerprint density at radius 1 is 0.929 bits per heavy atom. The van der Waals surface area contributed by atoms with Gasteiger partial charge in [0.25, 0.3) is 0 Å². The van der Waals surface area contributed by atoms with Crippen LogP contribution in [0.4, 0.5) is 0 Å². The fourth-order valence-corrected chi connectivity index (χ4v) is 2.93. The molecule has 6 heteroatoms. The average Bonchev–Trinajstić information content (AvgIpc) is 3.13. The summed E-state index contributed by atoms with van der Waals surface area (Å²) in [7, 11) is 0. The molecule has 1 heterocycles. The highest BCUT2D eigenvalue weighted by Gasteiger charge is 2.08. The van der Waals surface area contributed by atoms with Gasteiger partial charge in [-0.3, -0.25) is 0 Å². The smallest absolute Gasteiger partial charge is 0.216 e. The number of aromatic amines is 1. The molecule has 0 amide bonds. The summed E-state index contributed by atoms with van der Waals surface area (Å²) in [5.74, 6) is 1.41. The van der Waals surface area contributed by atoms with Crippen molar-refractivity contribution in [3.63, 3.8) is 0 Å². The van der Waals surface area contributed by atoms with Crippen LogP contribution < -0.4 is 4.74 Å². The van der Waals surface area contributed by atoms with Gasteiger partial charge in [-0.25, -0.2) is 5.10 Å². The van der Waals surface area contributed by atoms with E-state index in [-0.39, 0.29) is 0 Å². The number of hydrogen-bond donors (Lipinski definition) is 1. The van der Waals surface area contributed by atoms with E-state index in [1.54, 1.807) is 10.9 Å². The topological polar surface area (TPSA) is 55.2 Å². The van der Waals surface area contributed by atoms with Crippen molar-refractivity contribution in [2.24, 2.45) is 5.10 Å². The first-order chi connectivity index (χ1) is 13.8. The highest BCUT2D eigenvalue weighted by Crippen LogP contribution is 2.19. The van der Waals surface area contributed by atoms with Crippen LogP contribution >= 0.6 is 12.2 Å². The summed E-state index contributed by atoms with van der Waals surface area (Å²) in [6.07, 6.45) is 1.73. The van der Waals surface area contributed by atoms with E-state index in [0.29, 0.717) is 17.2 Å². The van der Waals surface area contributed by atoms with Gasteiger partial charge in [0.2, 0.25) is 4.77 Å². The second-order valence-electron chi connectivity index (χ2n) is 6.09. The maximum Gasteiger partial charge on any atom is 0.216 e.